The van der Waals surface area contributed by atoms with Gasteiger partial charge in [-0.25, -0.2) is 0 Å². The maximum atomic E-state index is 11.2. The minimum Gasteiger partial charge on any atom is -0.399 e. The van der Waals surface area contributed by atoms with Crippen molar-refractivity contribution in [2.24, 2.45) is 0 Å². The van der Waals surface area contributed by atoms with E-state index in [1.165, 1.54) is 18.2 Å². The number of nitrogen functional groups attached to an aromatic ring is 2. The predicted molar refractivity (Wildman–Crippen MR) is 83.6 cm³/mol. The highest BCUT2D eigenvalue weighted by Gasteiger charge is 2.18. The molecule has 0 saturated carbocycles. The van der Waals surface area contributed by atoms with E-state index in [1.54, 1.807) is 18.2 Å². The zero-order chi connectivity index (χ0) is 16.0. The topological polar surface area (TPSA) is 138 Å². The number of hydrogen-bond acceptors (Lipinski definition) is 6. The van der Waals surface area contributed by atoms with Crippen LogP contribution in [-0.2, 0) is 0 Å². The highest BCUT2D eigenvalue weighted by Crippen LogP contribution is 2.36. The lowest BCUT2D eigenvalue weighted by Crippen LogP contribution is -1.96. The summed E-state index contributed by atoms with van der Waals surface area (Å²) >= 11 is 0. The zero-order valence-electron chi connectivity index (χ0n) is 11.1. The fourth-order valence-corrected chi connectivity index (χ4v) is 2.53. The molecular weight excluding hydrogens is 288 g/mol. The Morgan fingerprint density at radius 3 is 1.45 bits per heavy atom. The number of rotatable bonds is 2. The third-order valence-electron chi connectivity index (χ3n) is 3.42. The van der Waals surface area contributed by atoms with Crippen molar-refractivity contribution in [2.45, 2.75) is 0 Å². The van der Waals surface area contributed by atoms with E-state index in [4.69, 9.17) is 11.5 Å². The normalized spacial score (nSPS) is 10.9. The summed E-state index contributed by atoms with van der Waals surface area (Å²) in [5.41, 5.74) is 11.5. The second-order valence-electron chi connectivity index (χ2n) is 4.89. The molecule has 3 aromatic rings. The lowest BCUT2D eigenvalue weighted by atomic mass is 10.00. The van der Waals surface area contributed by atoms with Gasteiger partial charge in [0.2, 0.25) is 0 Å². The van der Waals surface area contributed by atoms with E-state index in [0.29, 0.717) is 21.5 Å². The van der Waals surface area contributed by atoms with Gasteiger partial charge in [-0.3, -0.25) is 20.2 Å². The largest absolute Gasteiger partial charge is 0.399 e. The van der Waals surface area contributed by atoms with Crippen LogP contribution >= 0.6 is 0 Å². The SMILES string of the molecule is Nc1cc([N+](=O)[O-])c2cc3c([N+](=O)[O-])cc(N)cc3cc2c1. The zero-order valence-corrected chi connectivity index (χ0v) is 11.1. The first-order valence-electron chi connectivity index (χ1n) is 6.22. The molecule has 0 amide bonds. The summed E-state index contributed by atoms with van der Waals surface area (Å²) in [4.78, 5) is 21.2. The Morgan fingerprint density at radius 1 is 0.682 bits per heavy atom. The van der Waals surface area contributed by atoms with Crippen molar-refractivity contribution >= 4 is 44.3 Å². The second kappa shape index (κ2) is 4.55. The molecule has 0 aliphatic carbocycles. The fourth-order valence-electron chi connectivity index (χ4n) is 2.53. The van der Waals surface area contributed by atoms with Crippen LogP contribution in [-0.4, -0.2) is 9.85 Å². The lowest BCUT2D eigenvalue weighted by Gasteiger charge is -2.06. The number of nitrogens with zero attached hydrogens (tertiary/aromatic N) is 2. The van der Waals surface area contributed by atoms with Gasteiger partial charge in [0, 0.05) is 23.5 Å². The van der Waals surface area contributed by atoms with Crippen LogP contribution in [0.25, 0.3) is 21.5 Å². The Kier molecular flexibility index (Phi) is 2.81. The number of nitrogens with two attached hydrogens (primary N) is 2. The molecular formula is C14H10N4O4. The Balaban J connectivity index is 2.52. The highest BCUT2D eigenvalue weighted by molar-refractivity contribution is 6.07. The summed E-state index contributed by atoms with van der Waals surface area (Å²) in [6.07, 6.45) is 0. The van der Waals surface area contributed by atoms with Crippen LogP contribution < -0.4 is 11.5 Å². The summed E-state index contributed by atoms with van der Waals surface area (Å²) in [7, 11) is 0. The number of anilines is 2. The van der Waals surface area contributed by atoms with Crippen molar-refractivity contribution in [3.8, 4) is 0 Å². The molecule has 0 aromatic heterocycles. The first-order chi connectivity index (χ1) is 10.4. The van der Waals surface area contributed by atoms with E-state index in [0.717, 1.165) is 0 Å². The number of nitro benzene ring substituents is 2. The van der Waals surface area contributed by atoms with Gasteiger partial charge in [0.1, 0.15) is 0 Å². The van der Waals surface area contributed by atoms with Crippen molar-refractivity contribution in [3.05, 3.63) is 56.6 Å². The summed E-state index contributed by atoms with van der Waals surface area (Å²) in [6.45, 7) is 0. The Bertz CT molecular complexity index is 893. The standard InChI is InChI=1S/C14H10N4O4/c15-9-2-7-1-8-3-10(16)5-14(18(21)22)12(8)6-11(7)13(4-9)17(19)20/h1-6H,15-16H2. The summed E-state index contributed by atoms with van der Waals surface area (Å²) < 4.78 is 0. The molecule has 0 fully saturated rings. The summed E-state index contributed by atoms with van der Waals surface area (Å²) in [5.74, 6) is 0. The number of nitro groups is 2. The molecule has 0 unspecified atom stereocenters. The molecule has 0 saturated heterocycles. The second-order valence-corrected chi connectivity index (χ2v) is 4.89. The molecule has 22 heavy (non-hydrogen) atoms. The molecule has 0 radical (unpaired) electrons. The van der Waals surface area contributed by atoms with Gasteiger partial charge in [-0.1, -0.05) is 0 Å². The fraction of sp³-hybridized carbons (Fsp3) is 0. The van der Waals surface area contributed by atoms with E-state index in [1.807, 2.05) is 0 Å². The predicted octanol–water partition coefficient (Wildman–Crippen LogP) is 2.97. The van der Waals surface area contributed by atoms with Crippen LogP contribution in [0.1, 0.15) is 0 Å². The summed E-state index contributed by atoms with van der Waals surface area (Å²) in [6, 6.07) is 8.67. The molecule has 0 spiro atoms. The van der Waals surface area contributed by atoms with Crippen LogP contribution in [0.3, 0.4) is 0 Å². The maximum absolute atomic E-state index is 11.2. The molecule has 0 atom stereocenters. The van der Waals surface area contributed by atoms with Gasteiger partial charge in [0.25, 0.3) is 11.4 Å². The van der Waals surface area contributed by atoms with Gasteiger partial charge in [0.15, 0.2) is 0 Å². The Hall–Kier alpha value is -3.42. The van der Waals surface area contributed by atoms with Crippen LogP contribution in [0.15, 0.2) is 36.4 Å². The lowest BCUT2D eigenvalue weighted by molar-refractivity contribution is -0.383. The van der Waals surface area contributed by atoms with E-state index in [2.05, 4.69) is 0 Å². The Labute approximate surface area is 123 Å². The van der Waals surface area contributed by atoms with Gasteiger partial charge in [0.05, 0.1) is 20.6 Å². The quantitative estimate of drug-likeness (QED) is 0.322. The molecule has 110 valence electrons. The molecule has 4 N–H and O–H groups in total. The van der Waals surface area contributed by atoms with E-state index >= 15 is 0 Å². The van der Waals surface area contributed by atoms with Gasteiger partial charge in [-0.15, -0.1) is 0 Å². The summed E-state index contributed by atoms with van der Waals surface area (Å²) in [5, 5.41) is 24.0. The third kappa shape index (κ3) is 2.03. The number of non-ortho nitro benzene ring substituents is 2. The molecule has 8 heteroatoms. The van der Waals surface area contributed by atoms with Gasteiger partial charge < -0.3 is 11.5 Å². The minimum atomic E-state index is -0.562. The van der Waals surface area contributed by atoms with E-state index in [9.17, 15) is 20.2 Å². The van der Waals surface area contributed by atoms with E-state index in [-0.39, 0.29) is 22.7 Å². The van der Waals surface area contributed by atoms with Gasteiger partial charge in [-0.05, 0) is 35.0 Å². The highest BCUT2D eigenvalue weighted by atomic mass is 16.6. The van der Waals surface area contributed by atoms with E-state index < -0.39 is 9.85 Å². The number of fused-ring (bicyclic) bond motifs is 2. The molecule has 0 aliphatic heterocycles. The van der Waals surface area contributed by atoms with Crippen LogP contribution in [0, 0.1) is 20.2 Å². The van der Waals surface area contributed by atoms with Crippen LogP contribution in [0.2, 0.25) is 0 Å². The maximum Gasteiger partial charge on any atom is 0.279 e. The van der Waals surface area contributed by atoms with Gasteiger partial charge >= 0.3 is 0 Å². The molecule has 0 heterocycles. The molecule has 0 aliphatic rings. The molecule has 0 bridgehead atoms. The first kappa shape index (κ1) is 13.6. The third-order valence-corrected chi connectivity index (χ3v) is 3.42. The monoisotopic (exact) mass is 298 g/mol. The Morgan fingerprint density at radius 2 is 1.09 bits per heavy atom. The average molecular weight is 298 g/mol. The van der Waals surface area contributed by atoms with Crippen molar-refractivity contribution in [3.63, 3.8) is 0 Å². The first-order valence-corrected chi connectivity index (χ1v) is 6.22. The minimum absolute atomic E-state index is 0.192. The smallest absolute Gasteiger partial charge is 0.279 e. The van der Waals surface area contributed by atoms with Crippen molar-refractivity contribution in [1.82, 2.24) is 0 Å². The molecule has 8 nitrogen and oxygen atoms in total. The number of benzene rings is 3. The van der Waals surface area contributed by atoms with Crippen molar-refractivity contribution in [1.29, 1.82) is 0 Å². The molecule has 3 aromatic carbocycles. The van der Waals surface area contributed by atoms with Crippen LogP contribution in [0.5, 0.6) is 0 Å². The van der Waals surface area contributed by atoms with Crippen LogP contribution in [0.4, 0.5) is 22.7 Å². The van der Waals surface area contributed by atoms with Gasteiger partial charge in [-0.2, -0.15) is 0 Å². The van der Waals surface area contributed by atoms with Crippen molar-refractivity contribution in [2.75, 3.05) is 11.5 Å². The van der Waals surface area contributed by atoms with Crippen molar-refractivity contribution < 1.29 is 9.85 Å². The molecule has 3 rings (SSSR count). The average Bonchev–Trinajstić information content (AvgIpc) is 2.43. The number of hydrogen-bond donors (Lipinski definition) is 2.